The van der Waals surface area contributed by atoms with Crippen LogP contribution in [-0.2, 0) is 12.8 Å². The van der Waals surface area contributed by atoms with Gasteiger partial charge in [0, 0.05) is 12.1 Å². The van der Waals surface area contributed by atoms with Crippen LogP contribution in [0.25, 0.3) is 0 Å². The first-order valence-corrected chi connectivity index (χ1v) is 7.74. The van der Waals surface area contributed by atoms with Gasteiger partial charge < -0.3 is 5.32 Å². The maximum atomic E-state index is 3.81. The molecule has 0 amide bonds. The second-order valence-electron chi connectivity index (χ2n) is 5.85. The van der Waals surface area contributed by atoms with Crippen LogP contribution in [0.15, 0.2) is 60.7 Å². The van der Waals surface area contributed by atoms with E-state index in [1.807, 2.05) is 0 Å². The van der Waals surface area contributed by atoms with E-state index in [0.717, 1.165) is 0 Å². The van der Waals surface area contributed by atoms with Gasteiger partial charge in [0.1, 0.15) is 0 Å². The SMILES string of the molecule is c1ccc(CC[C@H]2CC[C@H](Cc3ccccc3)N2)cc1. The van der Waals surface area contributed by atoms with Crippen molar-refractivity contribution in [2.45, 2.75) is 44.2 Å². The van der Waals surface area contributed by atoms with Crippen molar-refractivity contribution in [2.24, 2.45) is 0 Å². The Hall–Kier alpha value is -1.60. The van der Waals surface area contributed by atoms with Gasteiger partial charge in [0.2, 0.25) is 0 Å². The summed E-state index contributed by atoms with van der Waals surface area (Å²) < 4.78 is 0. The van der Waals surface area contributed by atoms with Crippen LogP contribution in [0.4, 0.5) is 0 Å². The van der Waals surface area contributed by atoms with Crippen LogP contribution in [0, 0.1) is 0 Å². The fourth-order valence-electron chi connectivity index (χ4n) is 3.18. The van der Waals surface area contributed by atoms with Crippen LogP contribution in [0.1, 0.15) is 30.4 Å². The molecule has 0 unspecified atom stereocenters. The highest BCUT2D eigenvalue weighted by molar-refractivity contribution is 5.17. The maximum absolute atomic E-state index is 3.81. The van der Waals surface area contributed by atoms with Gasteiger partial charge in [0.05, 0.1) is 0 Å². The Balaban J connectivity index is 1.45. The highest BCUT2D eigenvalue weighted by Crippen LogP contribution is 2.20. The lowest BCUT2D eigenvalue weighted by molar-refractivity contribution is 0.509. The third kappa shape index (κ3) is 3.71. The van der Waals surface area contributed by atoms with Gasteiger partial charge in [-0.25, -0.2) is 0 Å². The molecule has 0 radical (unpaired) electrons. The van der Waals surface area contributed by atoms with Gasteiger partial charge >= 0.3 is 0 Å². The largest absolute Gasteiger partial charge is 0.311 e. The van der Waals surface area contributed by atoms with Crippen molar-refractivity contribution in [1.82, 2.24) is 5.32 Å². The predicted octanol–water partition coefficient (Wildman–Crippen LogP) is 3.98. The summed E-state index contributed by atoms with van der Waals surface area (Å²) in [5.41, 5.74) is 2.91. The van der Waals surface area contributed by atoms with Crippen LogP contribution >= 0.6 is 0 Å². The van der Waals surface area contributed by atoms with Crippen molar-refractivity contribution in [3.05, 3.63) is 71.8 Å². The average Bonchev–Trinajstić information content (AvgIpc) is 2.95. The van der Waals surface area contributed by atoms with E-state index in [1.165, 1.54) is 43.2 Å². The van der Waals surface area contributed by atoms with Gasteiger partial charge in [0.25, 0.3) is 0 Å². The first kappa shape index (κ1) is 13.4. The third-order valence-corrected chi connectivity index (χ3v) is 4.28. The third-order valence-electron chi connectivity index (χ3n) is 4.28. The molecule has 1 fully saturated rings. The Bertz CT molecular complexity index is 506. The van der Waals surface area contributed by atoms with Gasteiger partial charge in [-0.3, -0.25) is 0 Å². The number of hydrogen-bond donors (Lipinski definition) is 1. The van der Waals surface area contributed by atoms with Crippen molar-refractivity contribution in [1.29, 1.82) is 0 Å². The fraction of sp³-hybridized carbons (Fsp3) is 0.368. The van der Waals surface area contributed by atoms with Gasteiger partial charge in [-0.2, -0.15) is 0 Å². The minimum absolute atomic E-state index is 0.665. The summed E-state index contributed by atoms with van der Waals surface area (Å²) >= 11 is 0. The van der Waals surface area contributed by atoms with Crippen LogP contribution in [0.5, 0.6) is 0 Å². The van der Waals surface area contributed by atoms with E-state index in [0.29, 0.717) is 12.1 Å². The van der Waals surface area contributed by atoms with Crippen LogP contribution in [-0.4, -0.2) is 12.1 Å². The summed E-state index contributed by atoms with van der Waals surface area (Å²) in [6, 6.07) is 23.0. The Morgan fingerprint density at radius 1 is 0.750 bits per heavy atom. The molecule has 2 aromatic rings. The van der Waals surface area contributed by atoms with Gasteiger partial charge in [0.15, 0.2) is 0 Å². The zero-order valence-corrected chi connectivity index (χ0v) is 12.0. The van der Waals surface area contributed by atoms with E-state index in [-0.39, 0.29) is 0 Å². The normalized spacial score (nSPS) is 22.0. The van der Waals surface area contributed by atoms with Crippen molar-refractivity contribution in [2.75, 3.05) is 0 Å². The molecule has 1 aliphatic heterocycles. The van der Waals surface area contributed by atoms with Crippen molar-refractivity contribution >= 4 is 0 Å². The summed E-state index contributed by atoms with van der Waals surface area (Å²) in [4.78, 5) is 0. The summed E-state index contributed by atoms with van der Waals surface area (Å²) in [7, 11) is 0. The molecule has 0 saturated carbocycles. The summed E-state index contributed by atoms with van der Waals surface area (Å²) in [5.74, 6) is 0. The maximum Gasteiger partial charge on any atom is 0.0111 e. The monoisotopic (exact) mass is 265 g/mol. The minimum Gasteiger partial charge on any atom is -0.311 e. The van der Waals surface area contributed by atoms with E-state index in [1.54, 1.807) is 0 Å². The van der Waals surface area contributed by atoms with Crippen LogP contribution in [0.3, 0.4) is 0 Å². The van der Waals surface area contributed by atoms with E-state index >= 15 is 0 Å². The highest BCUT2D eigenvalue weighted by Gasteiger charge is 2.23. The quantitative estimate of drug-likeness (QED) is 0.862. The summed E-state index contributed by atoms with van der Waals surface area (Å²) in [5, 5.41) is 3.81. The Kier molecular flexibility index (Phi) is 4.49. The number of nitrogens with one attached hydrogen (secondary N) is 1. The predicted molar refractivity (Wildman–Crippen MR) is 84.9 cm³/mol. The molecule has 1 heterocycles. The lowest BCUT2D eigenvalue weighted by Gasteiger charge is -2.14. The van der Waals surface area contributed by atoms with Crippen LogP contribution in [0.2, 0.25) is 0 Å². The Morgan fingerprint density at radius 3 is 2.05 bits per heavy atom. The second kappa shape index (κ2) is 6.71. The smallest absolute Gasteiger partial charge is 0.0111 e. The molecule has 2 atom stereocenters. The van der Waals surface area contributed by atoms with Crippen molar-refractivity contribution < 1.29 is 0 Å². The molecule has 1 aliphatic rings. The highest BCUT2D eigenvalue weighted by atomic mass is 15.0. The molecule has 1 heteroatoms. The summed E-state index contributed by atoms with van der Waals surface area (Å²) in [6.07, 6.45) is 6.26. The molecule has 20 heavy (non-hydrogen) atoms. The molecule has 1 N–H and O–H groups in total. The number of aryl methyl sites for hydroxylation is 1. The molecule has 1 saturated heterocycles. The number of rotatable bonds is 5. The van der Waals surface area contributed by atoms with E-state index in [9.17, 15) is 0 Å². The molecule has 0 aliphatic carbocycles. The van der Waals surface area contributed by atoms with Crippen molar-refractivity contribution in [3.8, 4) is 0 Å². The second-order valence-corrected chi connectivity index (χ2v) is 5.85. The van der Waals surface area contributed by atoms with Gasteiger partial charge in [-0.1, -0.05) is 60.7 Å². The van der Waals surface area contributed by atoms with Crippen molar-refractivity contribution in [3.63, 3.8) is 0 Å². The lowest BCUT2D eigenvalue weighted by atomic mass is 10.0. The summed E-state index contributed by atoms with van der Waals surface area (Å²) in [6.45, 7) is 0. The Labute approximate surface area is 122 Å². The Morgan fingerprint density at radius 2 is 1.35 bits per heavy atom. The molecule has 3 rings (SSSR count). The first-order valence-electron chi connectivity index (χ1n) is 7.74. The molecule has 0 spiro atoms. The lowest BCUT2D eigenvalue weighted by Crippen LogP contribution is -2.31. The standard InChI is InChI=1S/C19H23N/c1-3-7-16(8-4-1)11-12-18-13-14-19(20-18)15-17-9-5-2-6-10-17/h1-10,18-20H,11-15H2/t18-,19+/m0/s1. The topological polar surface area (TPSA) is 12.0 Å². The first-order chi connectivity index (χ1) is 9.90. The average molecular weight is 265 g/mol. The zero-order chi connectivity index (χ0) is 13.6. The van der Waals surface area contributed by atoms with E-state index in [4.69, 9.17) is 0 Å². The molecule has 1 nitrogen and oxygen atoms in total. The van der Waals surface area contributed by atoms with E-state index in [2.05, 4.69) is 66.0 Å². The van der Waals surface area contributed by atoms with Crippen LogP contribution < -0.4 is 5.32 Å². The minimum atomic E-state index is 0.665. The van der Waals surface area contributed by atoms with E-state index < -0.39 is 0 Å². The molecular formula is C19H23N. The number of benzene rings is 2. The molecule has 0 bridgehead atoms. The van der Waals surface area contributed by atoms with Gasteiger partial charge in [-0.05, 0) is 43.2 Å². The number of hydrogen-bond acceptors (Lipinski definition) is 1. The molecule has 2 aromatic carbocycles. The fourth-order valence-corrected chi connectivity index (χ4v) is 3.18. The molecular weight excluding hydrogens is 242 g/mol. The molecule has 104 valence electrons. The molecule has 0 aromatic heterocycles. The zero-order valence-electron chi connectivity index (χ0n) is 12.0. The van der Waals surface area contributed by atoms with Gasteiger partial charge in [-0.15, -0.1) is 0 Å².